The van der Waals surface area contributed by atoms with Crippen molar-refractivity contribution in [3.63, 3.8) is 0 Å². The van der Waals surface area contributed by atoms with E-state index in [9.17, 15) is 9.59 Å². The molecular formula is C24H34O4. The molecule has 3 rings (SSSR count). The molecule has 0 heterocycles. The number of carbonyl (C=O) groups is 2. The summed E-state index contributed by atoms with van der Waals surface area (Å²) in [6, 6.07) is 7.42. The molecule has 28 heavy (non-hydrogen) atoms. The Kier molecular flexibility index (Phi) is 6.79. The van der Waals surface area contributed by atoms with Crippen molar-refractivity contribution in [3.05, 3.63) is 35.4 Å². The van der Waals surface area contributed by atoms with E-state index in [0.29, 0.717) is 18.1 Å². The van der Waals surface area contributed by atoms with Gasteiger partial charge < -0.3 is 9.47 Å². The summed E-state index contributed by atoms with van der Waals surface area (Å²) < 4.78 is 11.7. The maximum Gasteiger partial charge on any atom is 0.338 e. The molecule has 2 atom stereocenters. The first-order chi connectivity index (χ1) is 13.4. The van der Waals surface area contributed by atoms with Crippen LogP contribution in [0.1, 0.15) is 81.1 Å². The standard InChI is InChI=1S/C24H34O4/c1-17(2)16-27-23(26)24(20-8-5-4-6-9-20)15-7-10-21(24)28-22(25)19-13-11-18(3)12-14-19/h11-14,17,20-21H,4-10,15-16H2,1-3H3. The molecule has 1 aromatic rings. The number of rotatable bonds is 6. The van der Waals surface area contributed by atoms with E-state index < -0.39 is 5.41 Å². The lowest BCUT2D eigenvalue weighted by molar-refractivity contribution is -0.169. The van der Waals surface area contributed by atoms with Crippen molar-refractivity contribution in [1.82, 2.24) is 0 Å². The van der Waals surface area contributed by atoms with Gasteiger partial charge in [0.05, 0.1) is 12.2 Å². The zero-order chi connectivity index (χ0) is 20.1. The Morgan fingerprint density at radius 3 is 2.36 bits per heavy atom. The van der Waals surface area contributed by atoms with Gasteiger partial charge in [0.25, 0.3) is 0 Å². The van der Waals surface area contributed by atoms with Crippen LogP contribution in [-0.2, 0) is 14.3 Å². The molecule has 0 aromatic heterocycles. The lowest BCUT2D eigenvalue weighted by Gasteiger charge is -2.41. The summed E-state index contributed by atoms with van der Waals surface area (Å²) in [5, 5.41) is 0. The number of ether oxygens (including phenoxy) is 2. The topological polar surface area (TPSA) is 52.6 Å². The van der Waals surface area contributed by atoms with Gasteiger partial charge in [-0.25, -0.2) is 4.79 Å². The molecule has 0 N–H and O–H groups in total. The van der Waals surface area contributed by atoms with Gasteiger partial charge >= 0.3 is 11.9 Å². The number of benzene rings is 1. The molecule has 0 spiro atoms. The average molecular weight is 387 g/mol. The van der Waals surface area contributed by atoms with E-state index in [4.69, 9.17) is 9.47 Å². The second-order valence-electron chi connectivity index (χ2n) is 9.02. The molecule has 2 unspecified atom stereocenters. The highest BCUT2D eigenvalue weighted by atomic mass is 16.6. The fourth-order valence-electron chi connectivity index (χ4n) is 4.91. The van der Waals surface area contributed by atoms with Crippen molar-refractivity contribution in [2.75, 3.05) is 6.61 Å². The van der Waals surface area contributed by atoms with Gasteiger partial charge in [-0.2, -0.15) is 0 Å². The molecule has 2 aliphatic rings. The van der Waals surface area contributed by atoms with Crippen LogP contribution in [0.2, 0.25) is 0 Å². The first kappa shape index (κ1) is 20.9. The number of hydrogen-bond acceptors (Lipinski definition) is 4. The Balaban J connectivity index is 1.82. The summed E-state index contributed by atoms with van der Waals surface area (Å²) in [5.74, 6) is 0.0672. The van der Waals surface area contributed by atoms with Gasteiger partial charge in [0.15, 0.2) is 0 Å². The first-order valence-electron chi connectivity index (χ1n) is 10.9. The third-order valence-corrected chi connectivity index (χ3v) is 6.43. The summed E-state index contributed by atoms with van der Waals surface area (Å²) in [5.41, 5.74) is 0.979. The van der Waals surface area contributed by atoms with Gasteiger partial charge in [-0.05, 0) is 63.0 Å². The third kappa shape index (κ3) is 4.42. The molecule has 2 saturated carbocycles. The van der Waals surface area contributed by atoms with E-state index in [-0.39, 0.29) is 24.0 Å². The van der Waals surface area contributed by atoms with Gasteiger partial charge in [-0.15, -0.1) is 0 Å². The summed E-state index contributed by atoms with van der Waals surface area (Å²) in [7, 11) is 0. The average Bonchev–Trinajstić information content (AvgIpc) is 3.11. The predicted octanol–water partition coefficient (Wildman–Crippen LogP) is 5.47. The molecule has 2 aliphatic carbocycles. The second kappa shape index (κ2) is 9.11. The molecule has 154 valence electrons. The van der Waals surface area contributed by atoms with Crippen molar-refractivity contribution in [2.45, 2.75) is 78.2 Å². The minimum Gasteiger partial charge on any atom is -0.465 e. The van der Waals surface area contributed by atoms with Crippen molar-refractivity contribution >= 4 is 11.9 Å². The van der Waals surface area contributed by atoms with E-state index in [1.54, 1.807) is 12.1 Å². The largest absolute Gasteiger partial charge is 0.465 e. The van der Waals surface area contributed by atoms with Gasteiger partial charge in [-0.3, -0.25) is 4.79 Å². The molecule has 2 fully saturated rings. The van der Waals surface area contributed by atoms with Crippen LogP contribution in [0, 0.1) is 24.2 Å². The Hall–Kier alpha value is -1.84. The lowest BCUT2D eigenvalue weighted by atomic mass is 9.66. The van der Waals surface area contributed by atoms with Gasteiger partial charge in [0.2, 0.25) is 0 Å². The Morgan fingerprint density at radius 2 is 1.71 bits per heavy atom. The Bertz CT molecular complexity index is 672. The molecule has 0 amide bonds. The zero-order valence-corrected chi connectivity index (χ0v) is 17.5. The smallest absolute Gasteiger partial charge is 0.338 e. The zero-order valence-electron chi connectivity index (χ0n) is 17.5. The highest BCUT2D eigenvalue weighted by Gasteiger charge is 2.57. The van der Waals surface area contributed by atoms with Crippen LogP contribution in [0.4, 0.5) is 0 Å². The van der Waals surface area contributed by atoms with E-state index >= 15 is 0 Å². The van der Waals surface area contributed by atoms with E-state index in [1.165, 1.54) is 6.42 Å². The summed E-state index contributed by atoms with van der Waals surface area (Å²) in [6.07, 6.45) is 7.57. The normalized spacial score (nSPS) is 25.6. The predicted molar refractivity (Wildman–Crippen MR) is 109 cm³/mol. The Morgan fingerprint density at radius 1 is 1.04 bits per heavy atom. The maximum absolute atomic E-state index is 13.3. The maximum atomic E-state index is 13.3. The van der Waals surface area contributed by atoms with Gasteiger partial charge in [-0.1, -0.05) is 50.8 Å². The van der Waals surface area contributed by atoms with Crippen LogP contribution in [0.3, 0.4) is 0 Å². The number of hydrogen-bond donors (Lipinski definition) is 0. The van der Waals surface area contributed by atoms with Crippen LogP contribution in [-0.4, -0.2) is 24.6 Å². The van der Waals surface area contributed by atoms with E-state index in [2.05, 4.69) is 0 Å². The first-order valence-corrected chi connectivity index (χ1v) is 10.9. The molecule has 0 bridgehead atoms. The van der Waals surface area contributed by atoms with Crippen molar-refractivity contribution in [1.29, 1.82) is 0 Å². The van der Waals surface area contributed by atoms with Crippen LogP contribution < -0.4 is 0 Å². The van der Waals surface area contributed by atoms with Crippen LogP contribution >= 0.6 is 0 Å². The third-order valence-electron chi connectivity index (χ3n) is 6.43. The van der Waals surface area contributed by atoms with Crippen molar-refractivity contribution in [2.24, 2.45) is 17.3 Å². The van der Waals surface area contributed by atoms with Gasteiger partial charge in [0.1, 0.15) is 11.5 Å². The molecule has 0 saturated heterocycles. The highest BCUT2D eigenvalue weighted by molar-refractivity contribution is 5.90. The minimum atomic E-state index is -0.671. The molecule has 4 heteroatoms. The molecule has 0 aliphatic heterocycles. The van der Waals surface area contributed by atoms with Crippen LogP contribution in [0.25, 0.3) is 0 Å². The monoisotopic (exact) mass is 386 g/mol. The van der Waals surface area contributed by atoms with Gasteiger partial charge in [0, 0.05) is 0 Å². The fraction of sp³-hybridized carbons (Fsp3) is 0.667. The lowest BCUT2D eigenvalue weighted by Crippen LogP contribution is -2.48. The quantitative estimate of drug-likeness (QED) is 0.608. The Labute approximate surface area is 169 Å². The SMILES string of the molecule is Cc1ccc(C(=O)OC2CCCC2(C(=O)OCC(C)C)C2CCCCC2)cc1. The van der Waals surface area contributed by atoms with Crippen molar-refractivity contribution in [3.8, 4) is 0 Å². The number of carbonyl (C=O) groups excluding carboxylic acids is 2. The number of aryl methyl sites for hydroxylation is 1. The van der Waals surface area contributed by atoms with Crippen LogP contribution in [0.15, 0.2) is 24.3 Å². The second-order valence-corrected chi connectivity index (χ2v) is 9.02. The number of esters is 2. The molecule has 1 aromatic carbocycles. The molecule has 4 nitrogen and oxygen atoms in total. The van der Waals surface area contributed by atoms with E-state index in [0.717, 1.165) is 50.5 Å². The summed E-state index contributed by atoms with van der Waals surface area (Å²) >= 11 is 0. The summed E-state index contributed by atoms with van der Waals surface area (Å²) in [4.78, 5) is 26.1. The highest BCUT2D eigenvalue weighted by Crippen LogP contribution is 2.52. The molecular weight excluding hydrogens is 352 g/mol. The van der Waals surface area contributed by atoms with Crippen LogP contribution in [0.5, 0.6) is 0 Å². The minimum absolute atomic E-state index is 0.146. The summed E-state index contributed by atoms with van der Waals surface area (Å²) in [6.45, 7) is 6.51. The molecule has 0 radical (unpaired) electrons. The van der Waals surface area contributed by atoms with E-state index in [1.807, 2.05) is 32.9 Å². The fourth-order valence-corrected chi connectivity index (χ4v) is 4.91. The van der Waals surface area contributed by atoms with Crippen molar-refractivity contribution < 1.29 is 19.1 Å².